The summed E-state index contributed by atoms with van der Waals surface area (Å²) in [5.74, 6) is 0.0663. The van der Waals surface area contributed by atoms with Crippen LogP contribution in [-0.4, -0.2) is 21.9 Å². The molecule has 1 saturated carbocycles. The largest absolute Gasteiger partial charge is 0.383 e. The molecule has 1 aliphatic carbocycles. The molecule has 20 heavy (non-hydrogen) atoms. The molecule has 3 N–H and O–H groups in total. The summed E-state index contributed by atoms with van der Waals surface area (Å²) < 4.78 is 0. The minimum absolute atomic E-state index is 0.00622. The van der Waals surface area contributed by atoms with Crippen LogP contribution in [0.25, 0.3) is 0 Å². The first-order valence-corrected chi connectivity index (χ1v) is 6.70. The summed E-state index contributed by atoms with van der Waals surface area (Å²) in [4.78, 5) is 26.0. The van der Waals surface area contributed by atoms with Gasteiger partial charge in [0.05, 0.1) is 10.5 Å². The lowest BCUT2D eigenvalue weighted by Gasteiger charge is -2.20. The van der Waals surface area contributed by atoms with Gasteiger partial charge in [-0.15, -0.1) is 0 Å². The van der Waals surface area contributed by atoms with Crippen LogP contribution < -0.4 is 11.1 Å². The van der Waals surface area contributed by atoms with Crippen LogP contribution in [0.5, 0.6) is 0 Å². The zero-order valence-corrected chi connectivity index (χ0v) is 11.3. The Bertz CT molecular complexity index is 526. The van der Waals surface area contributed by atoms with Crippen LogP contribution in [0.1, 0.15) is 43.0 Å². The molecule has 7 heteroatoms. The number of hydrogen-bond donors (Lipinski definition) is 2. The number of nitrogens with one attached hydrogen (secondary N) is 1. The van der Waals surface area contributed by atoms with E-state index in [1.54, 1.807) is 0 Å². The Morgan fingerprint density at radius 3 is 2.80 bits per heavy atom. The van der Waals surface area contributed by atoms with Crippen molar-refractivity contribution in [2.75, 3.05) is 5.73 Å². The van der Waals surface area contributed by atoms with E-state index >= 15 is 0 Å². The maximum Gasteiger partial charge on any atom is 0.288 e. The summed E-state index contributed by atoms with van der Waals surface area (Å²) in [6.45, 7) is 1.95. The number of hydrogen-bond acceptors (Lipinski definition) is 5. The molecule has 108 valence electrons. The van der Waals surface area contributed by atoms with E-state index in [4.69, 9.17) is 5.73 Å². The fraction of sp³-hybridized carbons (Fsp3) is 0.538. The number of carbonyl (C=O) groups is 1. The average molecular weight is 278 g/mol. The van der Waals surface area contributed by atoms with Crippen molar-refractivity contribution in [1.29, 1.82) is 0 Å². The average Bonchev–Trinajstić information content (AvgIpc) is 2.92. The van der Waals surface area contributed by atoms with Crippen molar-refractivity contribution in [2.24, 2.45) is 5.92 Å². The molecule has 1 aliphatic rings. The maximum atomic E-state index is 12.2. The molecular weight excluding hydrogens is 260 g/mol. The molecule has 0 saturated heterocycles. The molecule has 1 amide bonds. The lowest BCUT2D eigenvalue weighted by Crippen LogP contribution is -2.37. The van der Waals surface area contributed by atoms with Crippen molar-refractivity contribution in [2.45, 2.75) is 38.6 Å². The minimum atomic E-state index is -0.594. The van der Waals surface area contributed by atoms with Crippen molar-refractivity contribution in [3.05, 3.63) is 27.9 Å². The summed E-state index contributed by atoms with van der Waals surface area (Å²) >= 11 is 0. The Morgan fingerprint density at radius 2 is 2.20 bits per heavy atom. The third-order valence-electron chi connectivity index (χ3n) is 3.83. The second-order valence-electron chi connectivity index (χ2n) is 5.19. The molecule has 0 bridgehead atoms. The van der Waals surface area contributed by atoms with Crippen LogP contribution in [0.2, 0.25) is 0 Å². The Morgan fingerprint density at radius 1 is 1.55 bits per heavy atom. The van der Waals surface area contributed by atoms with Gasteiger partial charge >= 0.3 is 0 Å². The van der Waals surface area contributed by atoms with Gasteiger partial charge in [-0.3, -0.25) is 14.9 Å². The zero-order chi connectivity index (χ0) is 14.7. The van der Waals surface area contributed by atoms with Gasteiger partial charge in [0, 0.05) is 12.1 Å². The molecule has 2 rings (SSSR count). The van der Waals surface area contributed by atoms with Crippen LogP contribution >= 0.6 is 0 Å². The molecule has 1 atom stereocenters. The quantitative estimate of drug-likeness (QED) is 0.645. The van der Waals surface area contributed by atoms with E-state index in [2.05, 4.69) is 10.3 Å². The van der Waals surface area contributed by atoms with Crippen LogP contribution in [0.15, 0.2) is 12.3 Å². The molecule has 7 nitrogen and oxygen atoms in total. The van der Waals surface area contributed by atoms with Crippen LogP contribution in [0.4, 0.5) is 11.5 Å². The number of carbonyl (C=O) groups excluding carboxylic acids is 1. The molecule has 1 aromatic rings. The van der Waals surface area contributed by atoms with E-state index < -0.39 is 10.8 Å². The highest BCUT2D eigenvalue weighted by atomic mass is 16.6. The maximum absolute atomic E-state index is 12.2. The highest BCUT2D eigenvalue weighted by Gasteiger charge is 2.24. The number of nitrogens with zero attached hydrogens (tertiary/aromatic N) is 2. The Kier molecular flexibility index (Phi) is 4.16. The highest BCUT2D eigenvalue weighted by Crippen LogP contribution is 2.28. The Hall–Kier alpha value is -2.18. The van der Waals surface area contributed by atoms with Crippen molar-refractivity contribution in [3.8, 4) is 0 Å². The molecule has 1 unspecified atom stereocenters. The summed E-state index contributed by atoms with van der Waals surface area (Å²) in [5.41, 5.74) is 5.45. The fourth-order valence-electron chi connectivity index (χ4n) is 2.61. The lowest BCUT2D eigenvalue weighted by atomic mass is 9.99. The summed E-state index contributed by atoms with van der Waals surface area (Å²) in [6, 6.07) is 1.20. The van der Waals surface area contributed by atoms with Crippen LogP contribution in [-0.2, 0) is 0 Å². The van der Waals surface area contributed by atoms with E-state index in [9.17, 15) is 14.9 Å². The molecule has 0 aliphatic heterocycles. The van der Waals surface area contributed by atoms with Gasteiger partial charge in [-0.25, -0.2) is 4.98 Å². The van der Waals surface area contributed by atoms with Gasteiger partial charge in [-0.05, 0) is 25.7 Å². The van der Waals surface area contributed by atoms with Gasteiger partial charge in [0.25, 0.3) is 11.6 Å². The van der Waals surface area contributed by atoms with Crippen LogP contribution in [0, 0.1) is 16.0 Å². The first kappa shape index (κ1) is 14.2. The van der Waals surface area contributed by atoms with E-state index in [0.29, 0.717) is 5.92 Å². The number of anilines is 1. The number of pyridine rings is 1. The van der Waals surface area contributed by atoms with Gasteiger partial charge in [0.1, 0.15) is 12.0 Å². The number of nitro groups is 1. The van der Waals surface area contributed by atoms with E-state index in [-0.39, 0.29) is 23.1 Å². The number of amides is 1. The molecule has 1 aromatic heterocycles. The molecule has 0 spiro atoms. The van der Waals surface area contributed by atoms with Crippen LogP contribution in [0.3, 0.4) is 0 Å². The topological polar surface area (TPSA) is 111 Å². The number of nitrogen functional groups attached to an aromatic ring is 1. The first-order valence-electron chi connectivity index (χ1n) is 6.70. The minimum Gasteiger partial charge on any atom is -0.383 e. The highest BCUT2D eigenvalue weighted by molar-refractivity contribution is 5.99. The molecular formula is C13H18N4O3. The predicted molar refractivity (Wildman–Crippen MR) is 74.2 cm³/mol. The van der Waals surface area contributed by atoms with Crippen molar-refractivity contribution >= 4 is 17.4 Å². The second kappa shape index (κ2) is 5.85. The first-order chi connectivity index (χ1) is 9.49. The second-order valence-corrected chi connectivity index (χ2v) is 5.19. The van der Waals surface area contributed by atoms with Crippen molar-refractivity contribution in [3.63, 3.8) is 0 Å². The zero-order valence-electron chi connectivity index (χ0n) is 11.3. The molecule has 1 fully saturated rings. The van der Waals surface area contributed by atoms with E-state index in [1.165, 1.54) is 18.9 Å². The SMILES string of the molecule is CC(NC(=O)c1cc([N+](=O)[O-])cnc1N)C1CCCC1. The van der Waals surface area contributed by atoms with Gasteiger partial charge < -0.3 is 11.1 Å². The third-order valence-corrected chi connectivity index (χ3v) is 3.83. The summed E-state index contributed by atoms with van der Waals surface area (Å²) in [5, 5.41) is 13.6. The number of aromatic nitrogens is 1. The van der Waals surface area contributed by atoms with E-state index in [1.807, 2.05) is 6.92 Å². The summed E-state index contributed by atoms with van der Waals surface area (Å²) in [6.07, 6.45) is 5.62. The number of rotatable bonds is 4. The van der Waals surface area contributed by atoms with Crippen molar-refractivity contribution < 1.29 is 9.72 Å². The Balaban J connectivity index is 2.11. The van der Waals surface area contributed by atoms with Gasteiger partial charge in [0.2, 0.25) is 0 Å². The van der Waals surface area contributed by atoms with Gasteiger partial charge in [-0.2, -0.15) is 0 Å². The van der Waals surface area contributed by atoms with Crippen molar-refractivity contribution in [1.82, 2.24) is 10.3 Å². The Labute approximate surface area is 116 Å². The standard InChI is InChI=1S/C13H18N4O3/c1-8(9-4-2-3-5-9)16-13(18)11-6-10(17(19)20)7-15-12(11)14/h6-9H,2-5H2,1H3,(H2,14,15)(H,16,18). The van der Waals surface area contributed by atoms with Gasteiger partial charge in [-0.1, -0.05) is 12.8 Å². The third kappa shape index (κ3) is 3.04. The molecule has 0 aromatic carbocycles. The number of nitrogens with two attached hydrogens (primary N) is 1. The molecule has 1 heterocycles. The van der Waals surface area contributed by atoms with E-state index in [0.717, 1.165) is 19.0 Å². The normalized spacial score (nSPS) is 16.9. The fourth-order valence-corrected chi connectivity index (χ4v) is 2.61. The molecule has 0 radical (unpaired) electrons. The van der Waals surface area contributed by atoms with Gasteiger partial charge in [0.15, 0.2) is 0 Å². The monoisotopic (exact) mass is 278 g/mol. The lowest BCUT2D eigenvalue weighted by molar-refractivity contribution is -0.385. The smallest absolute Gasteiger partial charge is 0.288 e. The predicted octanol–water partition coefficient (Wildman–Crippen LogP) is 1.88. The summed E-state index contributed by atoms with van der Waals surface area (Å²) in [7, 11) is 0.